The predicted octanol–water partition coefficient (Wildman–Crippen LogP) is 4.34. The average Bonchev–Trinajstić information content (AvgIpc) is 3.18. The van der Waals surface area contributed by atoms with Gasteiger partial charge in [-0.15, -0.1) is 0 Å². The van der Waals surface area contributed by atoms with Crippen LogP contribution in [0.2, 0.25) is 5.02 Å². The summed E-state index contributed by atoms with van der Waals surface area (Å²) in [6.45, 7) is 2.33. The molecule has 3 N–H and O–H groups in total. The summed E-state index contributed by atoms with van der Waals surface area (Å²) in [6.07, 6.45) is 1.82. The quantitative estimate of drug-likeness (QED) is 0.385. The first-order valence-corrected chi connectivity index (χ1v) is 11.3. The lowest BCUT2D eigenvalue weighted by atomic mass is 10.1. The summed E-state index contributed by atoms with van der Waals surface area (Å²) < 4.78 is 0. The Labute approximate surface area is 206 Å². The van der Waals surface area contributed by atoms with Crippen molar-refractivity contribution in [2.75, 3.05) is 17.7 Å². The fourth-order valence-corrected chi connectivity index (χ4v) is 4.11. The van der Waals surface area contributed by atoms with Crippen LogP contribution in [0, 0.1) is 6.92 Å². The molecule has 2 aromatic carbocycles. The Bertz CT molecular complexity index is 1430. The number of fused-ring (bicyclic) bond motifs is 3. The van der Waals surface area contributed by atoms with Crippen molar-refractivity contribution >= 4 is 40.7 Å². The van der Waals surface area contributed by atoms with E-state index >= 15 is 0 Å². The molecule has 2 aromatic heterocycles. The zero-order valence-corrected chi connectivity index (χ0v) is 19.8. The number of aromatic amines is 1. The van der Waals surface area contributed by atoms with E-state index in [0.717, 1.165) is 28.2 Å². The molecule has 0 spiro atoms. The molecule has 4 aromatic rings. The minimum absolute atomic E-state index is 0.106. The van der Waals surface area contributed by atoms with Gasteiger partial charge in [0.25, 0.3) is 5.91 Å². The lowest BCUT2D eigenvalue weighted by molar-refractivity contribution is -0.115. The van der Waals surface area contributed by atoms with Crippen molar-refractivity contribution < 1.29 is 9.59 Å². The molecule has 0 aliphatic carbocycles. The molecule has 0 atom stereocenters. The number of carbonyl (C=O) groups is 2. The Hall–Kier alpha value is -4.24. The van der Waals surface area contributed by atoms with Gasteiger partial charge in [0.15, 0.2) is 0 Å². The first-order chi connectivity index (χ1) is 16.9. The Kier molecular flexibility index (Phi) is 5.92. The summed E-state index contributed by atoms with van der Waals surface area (Å²) in [6, 6.07) is 14.3. The van der Waals surface area contributed by atoms with Crippen molar-refractivity contribution in [1.82, 2.24) is 25.1 Å². The van der Waals surface area contributed by atoms with Gasteiger partial charge in [-0.25, -0.2) is 9.97 Å². The lowest BCUT2D eigenvalue weighted by Crippen LogP contribution is -2.26. The molecule has 5 rings (SSSR count). The maximum Gasteiger partial charge on any atom is 0.253 e. The summed E-state index contributed by atoms with van der Waals surface area (Å²) in [7, 11) is 1.74. The van der Waals surface area contributed by atoms with E-state index in [1.807, 2.05) is 19.1 Å². The van der Waals surface area contributed by atoms with Crippen LogP contribution in [0.3, 0.4) is 0 Å². The van der Waals surface area contributed by atoms with E-state index in [1.165, 1.54) is 0 Å². The first kappa shape index (κ1) is 22.5. The molecule has 2 amide bonds. The second-order valence-corrected chi connectivity index (χ2v) is 8.82. The molecule has 1 aliphatic heterocycles. The highest BCUT2D eigenvalue weighted by Gasteiger charge is 2.21. The van der Waals surface area contributed by atoms with Crippen molar-refractivity contribution in [3.63, 3.8) is 0 Å². The molecule has 176 valence electrons. The van der Waals surface area contributed by atoms with Gasteiger partial charge in [-0.05, 0) is 55.5 Å². The standard InChI is InChI=1S/C25H22ClN7O2/c1-14-9-19(32-31-14)13-33(2)24(35)15-3-6-18(7-4-15)28-25-27-12-16-10-22(34)29-21-11-17(26)5-8-20(21)23(16)30-25/h3-9,11-12H,10,13H2,1-2H3,(H,29,34)(H,31,32)(H,27,28,30). The monoisotopic (exact) mass is 487 g/mol. The molecular weight excluding hydrogens is 466 g/mol. The van der Waals surface area contributed by atoms with Crippen LogP contribution in [0.1, 0.15) is 27.3 Å². The van der Waals surface area contributed by atoms with Crippen LogP contribution < -0.4 is 10.6 Å². The summed E-state index contributed by atoms with van der Waals surface area (Å²) in [5.41, 5.74) is 5.82. The van der Waals surface area contributed by atoms with Gasteiger partial charge >= 0.3 is 0 Å². The lowest BCUT2D eigenvalue weighted by Gasteiger charge is -2.16. The molecule has 1 aliphatic rings. The fourth-order valence-electron chi connectivity index (χ4n) is 3.94. The third-order valence-corrected chi connectivity index (χ3v) is 5.85. The molecule has 0 unspecified atom stereocenters. The molecule has 10 heteroatoms. The van der Waals surface area contributed by atoms with Gasteiger partial charge in [-0.1, -0.05) is 11.6 Å². The summed E-state index contributed by atoms with van der Waals surface area (Å²) >= 11 is 6.11. The van der Waals surface area contributed by atoms with Gasteiger partial charge in [0.05, 0.1) is 30.0 Å². The highest BCUT2D eigenvalue weighted by molar-refractivity contribution is 6.31. The fraction of sp³-hybridized carbons (Fsp3) is 0.160. The third-order valence-electron chi connectivity index (χ3n) is 5.62. The number of nitrogens with zero attached hydrogens (tertiary/aromatic N) is 4. The maximum absolute atomic E-state index is 12.8. The van der Waals surface area contributed by atoms with E-state index in [1.54, 1.807) is 54.5 Å². The van der Waals surface area contributed by atoms with Crippen LogP contribution >= 0.6 is 11.6 Å². The average molecular weight is 488 g/mol. The number of aromatic nitrogens is 4. The number of nitrogens with one attached hydrogen (secondary N) is 3. The zero-order valence-electron chi connectivity index (χ0n) is 19.1. The minimum atomic E-state index is -0.149. The number of aryl methyl sites for hydroxylation is 1. The number of hydrogen-bond donors (Lipinski definition) is 3. The van der Waals surface area contributed by atoms with Crippen LogP contribution in [0.4, 0.5) is 17.3 Å². The number of H-pyrrole nitrogens is 1. The largest absolute Gasteiger partial charge is 0.336 e. The van der Waals surface area contributed by atoms with Crippen LogP contribution in [0.25, 0.3) is 11.3 Å². The molecular formula is C25H22ClN7O2. The molecule has 0 bridgehead atoms. The zero-order chi connectivity index (χ0) is 24.5. The molecule has 35 heavy (non-hydrogen) atoms. The highest BCUT2D eigenvalue weighted by atomic mass is 35.5. The first-order valence-electron chi connectivity index (χ1n) is 10.9. The van der Waals surface area contributed by atoms with E-state index in [-0.39, 0.29) is 18.2 Å². The van der Waals surface area contributed by atoms with Gasteiger partial charge in [0.2, 0.25) is 11.9 Å². The number of amides is 2. The van der Waals surface area contributed by atoms with Gasteiger partial charge in [-0.3, -0.25) is 14.7 Å². The van der Waals surface area contributed by atoms with Gasteiger partial charge in [-0.2, -0.15) is 5.10 Å². The Morgan fingerprint density at radius 3 is 2.71 bits per heavy atom. The SMILES string of the molecule is Cc1cc(CN(C)C(=O)c2ccc(Nc3ncc4c(n3)-c3ccc(Cl)cc3NC(=O)C4)cc2)n[nH]1. The van der Waals surface area contributed by atoms with Gasteiger partial charge in [0.1, 0.15) is 0 Å². The van der Waals surface area contributed by atoms with E-state index in [4.69, 9.17) is 11.6 Å². The van der Waals surface area contributed by atoms with E-state index in [2.05, 4.69) is 30.8 Å². The van der Waals surface area contributed by atoms with E-state index in [9.17, 15) is 9.59 Å². The van der Waals surface area contributed by atoms with E-state index in [0.29, 0.717) is 34.5 Å². The maximum atomic E-state index is 12.8. The number of benzene rings is 2. The second-order valence-electron chi connectivity index (χ2n) is 8.39. The normalized spacial score (nSPS) is 12.3. The van der Waals surface area contributed by atoms with Crippen molar-refractivity contribution in [3.05, 3.63) is 82.3 Å². The highest BCUT2D eigenvalue weighted by Crippen LogP contribution is 2.34. The number of rotatable bonds is 5. The van der Waals surface area contributed by atoms with Gasteiger partial charge in [0, 0.05) is 46.3 Å². The summed E-state index contributed by atoms with van der Waals surface area (Å²) in [4.78, 5) is 35.7. The Balaban J connectivity index is 1.34. The van der Waals surface area contributed by atoms with Crippen LogP contribution in [0.5, 0.6) is 0 Å². The smallest absolute Gasteiger partial charge is 0.253 e. The molecule has 0 saturated carbocycles. The molecule has 0 saturated heterocycles. The molecule has 9 nitrogen and oxygen atoms in total. The summed E-state index contributed by atoms with van der Waals surface area (Å²) in [5, 5.41) is 13.6. The molecule has 0 fully saturated rings. The van der Waals surface area contributed by atoms with Crippen molar-refractivity contribution in [1.29, 1.82) is 0 Å². The third kappa shape index (κ3) is 4.85. The van der Waals surface area contributed by atoms with Crippen LogP contribution in [-0.4, -0.2) is 43.9 Å². The summed E-state index contributed by atoms with van der Waals surface area (Å²) in [5.74, 6) is 0.124. The number of anilines is 3. The van der Waals surface area contributed by atoms with Gasteiger partial charge < -0.3 is 15.5 Å². The van der Waals surface area contributed by atoms with Crippen molar-refractivity contribution in [3.8, 4) is 11.3 Å². The topological polar surface area (TPSA) is 116 Å². The minimum Gasteiger partial charge on any atom is -0.336 e. The van der Waals surface area contributed by atoms with Crippen molar-refractivity contribution in [2.45, 2.75) is 19.9 Å². The Morgan fingerprint density at radius 2 is 1.97 bits per heavy atom. The van der Waals surface area contributed by atoms with Crippen molar-refractivity contribution in [2.24, 2.45) is 0 Å². The number of carbonyl (C=O) groups excluding carboxylic acids is 2. The Morgan fingerprint density at radius 1 is 1.17 bits per heavy atom. The van der Waals surface area contributed by atoms with E-state index < -0.39 is 0 Å². The molecule has 3 heterocycles. The number of hydrogen-bond acceptors (Lipinski definition) is 6. The predicted molar refractivity (Wildman–Crippen MR) is 134 cm³/mol. The van der Waals surface area contributed by atoms with Crippen LogP contribution in [0.15, 0.2) is 54.7 Å². The van der Waals surface area contributed by atoms with Crippen LogP contribution in [-0.2, 0) is 17.8 Å². The second kappa shape index (κ2) is 9.19. The molecule has 0 radical (unpaired) electrons. The number of halogens is 1.